The number of aromatic nitrogens is 1. The molecule has 0 aliphatic heterocycles. The quantitative estimate of drug-likeness (QED) is 0.480. The molecule has 22 heavy (non-hydrogen) atoms. The van der Waals surface area contributed by atoms with E-state index in [-0.39, 0.29) is 0 Å². The van der Waals surface area contributed by atoms with Gasteiger partial charge in [-0.05, 0) is 34.4 Å². The molecule has 0 fully saturated rings. The number of benzene rings is 3. The Kier molecular flexibility index (Phi) is 3.01. The molecule has 106 valence electrons. The van der Waals surface area contributed by atoms with Gasteiger partial charge < -0.3 is 4.74 Å². The number of fused-ring (bicyclic) bond motifs is 3. The van der Waals surface area contributed by atoms with Gasteiger partial charge in [0.2, 0.25) is 0 Å². The van der Waals surface area contributed by atoms with Crippen LogP contribution in [-0.2, 0) is 0 Å². The third-order valence-corrected chi connectivity index (χ3v) is 4.02. The first-order valence-electron chi connectivity index (χ1n) is 7.28. The minimum atomic E-state index is 0.879. The molecule has 0 spiro atoms. The van der Waals surface area contributed by atoms with Crippen molar-refractivity contribution in [2.75, 3.05) is 7.11 Å². The summed E-state index contributed by atoms with van der Waals surface area (Å²) in [7, 11) is 1.69. The van der Waals surface area contributed by atoms with Crippen LogP contribution in [0.1, 0.15) is 0 Å². The Morgan fingerprint density at radius 2 is 1.59 bits per heavy atom. The first kappa shape index (κ1) is 12.8. The first-order valence-corrected chi connectivity index (χ1v) is 7.28. The minimum absolute atomic E-state index is 0.879. The predicted molar refractivity (Wildman–Crippen MR) is 91.2 cm³/mol. The van der Waals surface area contributed by atoms with Crippen LogP contribution in [0.3, 0.4) is 0 Å². The van der Waals surface area contributed by atoms with E-state index in [1.165, 1.54) is 21.5 Å². The van der Waals surface area contributed by atoms with Gasteiger partial charge in [-0.25, -0.2) is 0 Å². The van der Waals surface area contributed by atoms with Gasteiger partial charge in [0.15, 0.2) is 0 Å². The molecule has 3 aromatic carbocycles. The highest BCUT2D eigenvalue weighted by Gasteiger charge is 2.08. The van der Waals surface area contributed by atoms with Crippen LogP contribution < -0.4 is 4.74 Å². The van der Waals surface area contributed by atoms with Crippen LogP contribution in [-0.4, -0.2) is 12.1 Å². The lowest BCUT2D eigenvalue weighted by Crippen LogP contribution is -1.88. The molecule has 0 atom stereocenters. The molecule has 1 heterocycles. The number of hydrogen-bond donors (Lipinski definition) is 0. The Morgan fingerprint density at radius 3 is 2.41 bits per heavy atom. The van der Waals surface area contributed by atoms with Crippen molar-refractivity contribution in [3.8, 4) is 17.0 Å². The minimum Gasteiger partial charge on any atom is -0.497 e. The van der Waals surface area contributed by atoms with Gasteiger partial charge in [0, 0.05) is 17.1 Å². The van der Waals surface area contributed by atoms with Gasteiger partial charge in [0.05, 0.1) is 12.8 Å². The van der Waals surface area contributed by atoms with Crippen LogP contribution in [0, 0.1) is 0 Å². The van der Waals surface area contributed by atoms with E-state index in [4.69, 9.17) is 4.74 Å². The number of pyridine rings is 1. The molecule has 0 aliphatic rings. The fraction of sp³-hybridized carbons (Fsp3) is 0.0500. The van der Waals surface area contributed by atoms with Crippen LogP contribution in [0.15, 0.2) is 72.9 Å². The summed E-state index contributed by atoms with van der Waals surface area (Å²) in [5.41, 5.74) is 2.16. The zero-order valence-corrected chi connectivity index (χ0v) is 12.3. The average Bonchev–Trinajstić information content (AvgIpc) is 2.61. The molecule has 4 aromatic rings. The van der Waals surface area contributed by atoms with Gasteiger partial charge in [0.25, 0.3) is 0 Å². The van der Waals surface area contributed by atoms with E-state index in [1.54, 1.807) is 7.11 Å². The molecule has 0 amide bonds. The first-order chi connectivity index (χ1) is 10.9. The second-order valence-electron chi connectivity index (χ2n) is 5.27. The second kappa shape index (κ2) is 5.15. The molecular formula is C20H15NO. The van der Waals surface area contributed by atoms with Crippen molar-refractivity contribution in [3.63, 3.8) is 0 Å². The monoisotopic (exact) mass is 285 g/mol. The van der Waals surface area contributed by atoms with E-state index in [1.807, 2.05) is 30.5 Å². The van der Waals surface area contributed by atoms with E-state index in [9.17, 15) is 0 Å². The predicted octanol–water partition coefficient (Wildman–Crippen LogP) is 5.06. The largest absolute Gasteiger partial charge is 0.497 e. The average molecular weight is 285 g/mol. The van der Waals surface area contributed by atoms with Gasteiger partial charge in [-0.2, -0.15) is 0 Å². The molecule has 4 rings (SSSR count). The topological polar surface area (TPSA) is 22.1 Å². The molecule has 1 aromatic heterocycles. The van der Waals surface area contributed by atoms with Crippen molar-refractivity contribution in [1.82, 2.24) is 4.98 Å². The van der Waals surface area contributed by atoms with Gasteiger partial charge in [-0.3, -0.25) is 4.98 Å². The van der Waals surface area contributed by atoms with E-state index >= 15 is 0 Å². The molecule has 0 radical (unpaired) electrons. The lowest BCUT2D eigenvalue weighted by Gasteiger charge is -2.09. The van der Waals surface area contributed by atoms with Crippen molar-refractivity contribution in [2.24, 2.45) is 0 Å². The van der Waals surface area contributed by atoms with Gasteiger partial charge in [-0.15, -0.1) is 0 Å². The van der Waals surface area contributed by atoms with Gasteiger partial charge >= 0.3 is 0 Å². The molecule has 0 saturated carbocycles. The summed E-state index contributed by atoms with van der Waals surface area (Å²) >= 11 is 0. The van der Waals surface area contributed by atoms with Crippen LogP contribution in [0.4, 0.5) is 0 Å². The molecule has 0 saturated heterocycles. The normalized spacial score (nSPS) is 11.0. The molecule has 0 aliphatic carbocycles. The van der Waals surface area contributed by atoms with Crippen molar-refractivity contribution in [2.45, 2.75) is 0 Å². The molecular weight excluding hydrogens is 270 g/mol. The standard InChI is InChI=1S/C20H15NO/c1-22-16-8-10-17-15(13-16)7-9-19-18(17)11-12-21-20(19)14-5-3-2-4-6-14/h2-13H,1H3. The number of methoxy groups -OCH3 is 1. The Labute approximate surface area is 129 Å². The van der Waals surface area contributed by atoms with Crippen molar-refractivity contribution in [3.05, 3.63) is 72.9 Å². The lowest BCUT2D eigenvalue weighted by molar-refractivity contribution is 0.415. The Balaban J connectivity index is 2.04. The van der Waals surface area contributed by atoms with E-state index in [0.717, 1.165) is 17.0 Å². The summed E-state index contributed by atoms with van der Waals surface area (Å²) in [6, 6.07) is 22.9. The van der Waals surface area contributed by atoms with Crippen molar-refractivity contribution >= 4 is 21.5 Å². The van der Waals surface area contributed by atoms with Crippen LogP contribution in [0.25, 0.3) is 32.8 Å². The number of rotatable bonds is 2. The summed E-state index contributed by atoms with van der Waals surface area (Å²) in [6.07, 6.45) is 1.88. The highest BCUT2D eigenvalue weighted by atomic mass is 16.5. The Bertz CT molecular complexity index is 961. The van der Waals surface area contributed by atoms with E-state index < -0.39 is 0 Å². The Morgan fingerprint density at radius 1 is 0.773 bits per heavy atom. The highest BCUT2D eigenvalue weighted by Crippen LogP contribution is 2.32. The SMILES string of the molecule is COc1ccc2c(ccc3c(-c4ccccc4)nccc32)c1. The lowest BCUT2D eigenvalue weighted by atomic mass is 9.99. The van der Waals surface area contributed by atoms with E-state index in [0.29, 0.717) is 0 Å². The Hall–Kier alpha value is -2.87. The smallest absolute Gasteiger partial charge is 0.119 e. The summed E-state index contributed by atoms with van der Waals surface area (Å²) < 4.78 is 5.32. The third kappa shape index (κ3) is 2.01. The molecule has 2 heteroatoms. The van der Waals surface area contributed by atoms with E-state index in [2.05, 4.69) is 47.4 Å². The zero-order chi connectivity index (χ0) is 14.9. The number of nitrogens with zero attached hydrogens (tertiary/aromatic N) is 1. The highest BCUT2D eigenvalue weighted by molar-refractivity contribution is 6.11. The summed E-state index contributed by atoms with van der Waals surface area (Å²) in [4.78, 5) is 4.59. The third-order valence-electron chi connectivity index (χ3n) is 4.02. The van der Waals surface area contributed by atoms with Gasteiger partial charge in [-0.1, -0.05) is 48.5 Å². The van der Waals surface area contributed by atoms with Crippen LogP contribution >= 0.6 is 0 Å². The summed E-state index contributed by atoms with van der Waals surface area (Å²) in [5.74, 6) is 0.879. The van der Waals surface area contributed by atoms with Gasteiger partial charge in [0.1, 0.15) is 5.75 Å². The second-order valence-corrected chi connectivity index (χ2v) is 5.27. The maximum atomic E-state index is 5.32. The van der Waals surface area contributed by atoms with Crippen molar-refractivity contribution < 1.29 is 4.74 Å². The fourth-order valence-electron chi connectivity index (χ4n) is 2.93. The maximum Gasteiger partial charge on any atom is 0.119 e. The molecule has 0 bridgehead atoms. The maximum absolute atomic E-state index is 5.32. The molecule has 2 nitrogen and oxygen atoms in total. The number of hydrogen-bond acceptors (Lipinski definition) is 2. The summed E-state index contributed by atoms with van der Waals surface area (Å²) in [5, 5.41) is 4.79. The fourth-order valence-corrected chi connectivity index (χ4v) is 2.93. The molecule has 0 N–H and O–H groups in total. The number of ether oxygens (including phenoxy) is 1. The zero-order valence-electron chi connectivity index (χ0n) is 12.3. The van der Waals surface area contributed by atoms with Crippen molar-refractivity contribution in [1.29, 1.82) is 0 Å². The van der Waals surface area contributed by atoms with Crippen LogP contribution in [0.5, 0.6) is 5.75 Å². The van der Waals surface area contributed by atoms with Crippen LogP contribution in [0.2, 0.25) is 0 Å². The molecule has 0 unspecified atom stereocenters. The summed E-state index contributed by atoms with van der Waals surface area (Å²) in [6.45, 7) is 0.